The Balaban J connectivity index is 1.28. The van der Waals surface area contributed by atoms with E-state index >= 15 is 0 Å². The Hall–Kier alpha value is -4.17. The number of anilines is 1. The Kier molecular flexibility index (Phi) is 7.74. The van der Waals surface area contributed by atoms with Gasteiger partial charge < -0.3 is 20.1 Å². The van der Waals surface area contributed by atoms with Crippen molar-refractivity contribution in [3.05, 3.63) is 101 Å². The minimum atomic E-state index is -0.218. The second-order valence-corrected chi connectivity index (χ2v) is 8.31. The summed E-state index contributed by atoms with van der Waals surface area (Å²) in [5, 5.41) is 10.3. The summed E-state index contributed by atoms with van der Waals surface area (Å²) in [7, 11) is 1.70. The third-order valence-electron chi connectivity index (χ3n) is 5.25. The van der Waals surface area contributed by atoms with E-state index < -0.39 is 0 Å². The van der Waals surface area contributed by atoms with Crippen LogP contribution in [0.1, 0.15) is 21.7 Å². The van der Waals surface area contributed by atoms with Crippen molar-refractivity contribution in [1.82, 2.24) is 20.4 Å². The number of halogens is 1. The van der Waals surface area contributed by atoms with Gasteiger partial charge in [0.25, 0.3) is 11.8 Å². The van der Waals surface area contributed by atoms with Crippen molar-refractivity contribution >= 4 is 29.2 Å². The van der Waals surface area contributed by atoms with Gasteiger partial charge in [-0.05, 0) is 54.1 Å². The van der Waals surface area contributed by atoms with E-state index in [4.69, 9.17) is 16.1 Å². The second kappa shape index (κ2) is 11.3. The Morgan fingerprint density at radius 2 is 1.77 bits per heavy atom. The van der Waals surface area contributed by atoms with Crippen LogP contribution in [0.4, 0.5) is 10.5 Å². The van der Waals surface area contributed by atoms with E-state index in [1.165, 1.54) is 0 Å². The molecule has 8 nitrogen and oxygen atoms in total. The number of urea groups is 1. The zero-order chi connectivity index (χ0) is 24.6. The van der Waals surface area contributed by atoms with Gasteiger partial charge in [0.1, 0.15) is 0 Å². The van der Waals surface area contributed by atoms with Gasteiger partial charge in [-0.15, -0.1) is 0 Å². The highest BCUT2D eigenvalue weighted by Crippen LogP contribution is 2.18. The summed E-state index contributed by atoms with van der Waals surface area (Å²) in [5.41, 5.74) is 2.86. The summed E-state index contributed by atoms with van der Waals surface area (Å²) in [6.45, 7) is 0.801. The second-order valence-electron chi connectivity index (χ2n) is 7.87. The number of hydrogen-bond donors (Lipinski definition) is 2. The van der Waals surface area contributed by atoms with Crippen molar-refractivity contribution in [1.29, 1.82) is 0 Å². The maximum absolute atomic E-state index is 12.4. The van der Waals surface area contributed by atoms with Crippen molar-refractivity contribution in [2.24, 2.45) is 0 Å². The summed E-state index contributed by atoms with van der Waals surface area (Å²) in [6.07, 6.45) is 0.437. The number of aromatic nitrogens is 2. The quantitative estimate of drug-likeness (QED) is 0.361. The monoisotopic (exact) mass is 489 g/mol. The zero-order valence-electron chi connectivity index (χ0n) is 19.1. The first-order chi connectivity index (χ1) is 17.0. The zero-order valence-corrected chi connectivity index (χ0v) is 19.8. The predicted octanol–water partition coefficient (Wildman–Crippen LogP) is 5.03. The SMILES string of the molecule is CN(CCc1noc(-c2ccc(C(=O)NCc3cccc(Cl)c3)cc2)n1)C(=O)Nc1ccccc1. The van der Waals surface area contributed by atoms with Gasteiger partial charge in [0.15, 0.2) is 5.82 Å². The molecular formula is C26H24ClN5O3. The summed E-state index contributed by atoms with van der Waals surface area (Å²) < 4.78 is 5.36. The Bertz CT molecular complexity index is 1290. The minimum Gasteiger partial charge on any atom is -0.348 e. The van der Waals surface area contributed by atoms with Crippen LogP contribution in [0.25, 0.3) is 11.5 Å². The van der Waals surface area contributed by atoms with Crippen LogP contribution in [0, 0.1) is 0 Å². The minimum absolute atomic E-state index is 0.195. The number of amides is 3. The van der Waals surface area contributed by atoms with Crippen molar-refractivity contribution in [2.45, 2.75) is 13.0 Å². The molecule has 178 valence electrons. The number of likely N-dealkylation sites (N-methyl/N-ethyl adjacent to an activating group) is 1. The molecular weight excluding hydrogens is 466 g/mol. The molecule has 9 heteroatoms. The van der Waals surface area contributed by atoms with Crippen LogP contribution in [0.2, 0.25) is 5.02 Å². The standard InChI is InChI=1S/C26H24ClN5O3/c1-32(26(34)29-22-8-3-2-4-9-22)15-14-23-30-25(35-31-23)20-12-10-19(11-13-20)24(33)28-17-18-6-5-7-21(27)16-18/h2-13,16H,14-15,17H2,1H3,(H,28,33)(H,29,34). The van der Waals surface area contributed by atoms with Gasteiger partial charge in [-0.1, -0.05) is 47.1 Å². The molecule has 0 unspecified atom stereocenters. The van der Waals surface area contributed by atoms with Gasteiger partial charge in [0.05, 0.1) is 0 Å². The molecule has 0 saturated heterocycles. The Morgan fingerprint density at radius 1 is 1.00 bits per heavy atom. The molecule has 1 aromatic heterocycles. The Morgan fingerprint density at radius 3 is 2.51 bits per heavy atom. The number of rotatable bonds is 8. The van der Waals surface area contributed by atoms with E-state index in [1.54, 1.807) is 42.3 Å². The topological polar surface area (TPSA) is 100 Å². The van der Waals surface area contributed by atoms with Gasteiger partial charge in [0.2, 0.25) is 0 Å². The summed E-state index contributed by atoms with van der Waals surface area (Å²) in [6, 6.07) is 23.3. The molecule has 0 aliphatic rings. The van der Waals surface area contributed by atoms with E-state index in [-0.39, 0.29) is 11.9 Å². The number of nitrogens with zero attached hydrogens (tertiary/aromatic N) is 3. The number of carbonyl (C=O) groups excluding carboxylic acids is 2. The number of para-hydroxylation sites is 1. The Labute approximate surface area is 207 Å². The number of carbonyl (C=O) groups is 2. The average molecular weight is 490 g/mol. The fourth-order valence-electron chi connectivity index (χ4n) is 3.28. The van der Waals surface area contributed by atoms with E-state index in [0.29, 0.717) is 47.4 Å². The van der Waals surface area contributed by atoms with Gasteiger partial charge >= 0.3 is 6.03 Å². The third-order valence-corrected chi connectivity index (χ3v) is 5.48. The third kappa shape index (κ3) is 6.68. The maximum atomic E-state index is 12.4. The largest absolute Gasteiger partial charge is 0.348 e. The van der Waals surface area contributed by atoms with Crippen LogP contribution in [-0.4, -0.2) is 40.6 Å². The molecule has 0 saturated carbocycles. The lowest BCUT2D eigenvalue weighted by atomic mass is 10.1. The first-order valence-corrected chi connectivity index (χ1v) is 11.4. The summed E-state index contributed by atoms with van der Waals surface area (Å²) in [5.74, 6) is 0.643. The molecule has 3 amide bonds. The smallest absolute Gasteiger partial charge is 0.321 e. The van der Waals surface area contributed by atoms with Gasteiger partial charge in [0, 0.05) is 48.4 Å². The average Bonchev–Trinajstić information content (AvgIpc) is 3.35. The van der Waals surface area contributed by atoms with Crippen LogP contribution in [0.15, 0.2) is 83.4 Å². The number of hydrogen-bond acceptors (Lipinski definition) is 5. The highest BCUT2D eigenvalue weighted by molar-refractivity contribution is 6.30. The normalized spacial score (nSPS) is 10.6. The van der Waals surface area contributed by atoms with Crippen molar-refractivity contribution in [3.63, 3.8) is 0 Å². The predicted molar refractivity (Wildman–Crippen MR) is 134 cm³/mol. The molecule has 35 heavy (non-hydrogen) atoms. The fourth-order valence-corrected chi connectivity index (χ4v) is 3.49. The molecule has 4 aromatic rings. The van der Waals surface area contributed by atoms with Crippen molar-refractivity contribution < 1.29 is 14.1 Å². The van der Waals surface area contributed by atoms with E-state index in [0.717, 1.165) is 11.3 Å². The van der Waals surface area contributed by atoms with E-state index in [2.05, 4.69) is 20.8 Å². The van der Waals surface area contributed by atoms with E-state index in [1.807, 2.05) is 48.5 Å². The van der Waals surface area contributed by atoms with Crippen LogP contribution >= 0.6 is 11.6 Å². The molecule has 2 N–H and O–H groups in total. The summed E-state index contributed by atoms with van der Waals surface area (Å²) >= 11 is 5.98. The van der Waals surface area contributed by atoms with Crippen molar-refractivity contribution in [3.8, 4) is 11.5 Å². The molecule has 3 aromatic carbocycles. The first kappa shape index (κ1) is 24.0. The van der Waals surface area contributed by atoms with Crippen LogP contribution in [-0.2, 0) is 13.0 Å². The molecule has 0 fully saturated rings. The van der Waals surface area contributed by atoms with E-state index in [9.17, 15) is 9.59 Å². The number of nitrogens with one attached hydrogen (secondary N) is 2. The van der Waals surface area contributed by atoms with Crippen LogP contribution in [0.5, 0.6) is 0 Å². The molecule has 0 aliphatic carbocycles. The lowest BCUT2D eigenvalue weighted by molar-refractivity contribution is 0.0951. The van der Waals surface area contributed by atoms with Crippen LogP contribution < -0.4 is 10.6 Å². The molecule has 0 bridgehead atoms. The fraction of sp³-hybridized carbons (Fsp3) is 0.154. The van der Waals surface area contributed by atoms with Gasteiger partial charge in [-0.3, -0.25) is 4.79 Å². The number of benzene rings is 3. The molecule has 1 heterocycles. The first-order valence-electron chi connectivity index (χ1n) is 11.0. The highest BCUT2D eigenvalue weighted by atomic mass is 35.5. The molecule has 4 rings (SSSR count). The summed E-state index contributed by atoms with van der Waals surface area (Å²) in [4.78, 5) is 30.7. The van der Waals surface area contributed by atoms with Crippen molar-refractivity contribution in [2.75, 3.05) is 18.9 Å². The maximum Gasteiger partial charge on any atom is 0.321 e. The van der Waals surface area contributed by atoms with Gasteiger partial charge in [-0.25, -0.2) is 4.79 Å². The van der Waals surface area contributed by atoms with Gasteiger partial charge in [-0.2, -0.15) is 4.98 Å². The molecule has 0 spiro atoms. The molecule has 0 aliphatic heterocycles. The molecule has 0 radical (unpaired) electrons. The lowest BCUT2D eigenvalue weighted by Crippen LogP contribution is -2.33. The highest BCUT2D eigenvalue weighted by Gasteiger charge is 2.14. The lowest BCUT2D eigenvalue weighted by Gasteiger charge is -2.16. The molecule has 0 atom stereocenters. The van der Waals surface area contributed by atoms with Crippen LogP contribution in [0.3, 0.4) is 0 Å².